The van der Waals surface area contributed by atoms with Gasteiger partial charge in [-0.3, -0.25) is 0 Å². The molecule has 1 rings (SSSR count). The minimum Gasteiger partial charge on any atom is -0.389 e. The predicted octanol–water partition coefficient (Wildman–Crippen LogP) is 0.774. The van der Waals surface area contributed by atoms with Gasteiger partial charge < -0.3 is 4.74 Å². The van der Waals surface area contributed by atoms with Crippen molar-refractivity contribution in [2.75, 3.05) is 0 Å². The van der Waals surface area contributed by atoms with E-state index in [0.29, 0.717) is 0 Å². The smallest absolute Gasteiger partial charge is 0.389 e. The Labute approximate surface area is 67.8 Å². The van der Waals surface area contributed by atoms with Crippen molar-refractivity contribution in [3.63, 3.8) is 0 Å². The SMILES string of the molecule is [B]c1cccnc1OC(F)(F)F. The third-order valence-corrected chi connectivity index (χ3v) is 1.01. The van der Waals surface area contributed by atoms with E-state index in [1.807, 2.05) is 0 Å². The molecule has 0 saturated carbocycles. The lowest BCUT2D eigenvalue weighted by molar-refractivity contribution is -0.275. The number of aromatic nitrogens is 1. The van der Waals surface area contributed by atoms with E-state index >= 15 is 0 Å². The Morgan fingerprint density at radius 3 is 2.58 bits per heavy atom. The maximum Gasteiger partial charge on any atom is 0.574 e. The third kappa shape index (κ3) is 2.45. The Kier molecular flexibility index (Phi) is 2.26. The number of halogens is 3. The van der Waals surface area contributed by atoms with Crippen LogP contribution in [0.5, 0.6) is 5.88 Å². The van der Waals surface area contributed by atoms with E-state index < -0.39 is 12.2 Å². The van der Waals surface area contributed by atoms with Gasteiger partial charge in [0.2, 0.25) is 5.88 Å². The average Bonchev–Trinajstić information content (AvgIpc) is 1.91. The summed E-state index contributed by atoms with van der Waals surface area (Å²) in [6.07, 6.45) is -3.58. The molecule has 1 aromatic rings. The molecule has 0 amide bonds. The van der Waals surface area contributed by atoms with Crippen LogP contribution in [0.2, 0.25) is 0 Å². The second-order valence-electron chi connectivity index (χ2n) is 1.95. The summed E-state index contributed by atoms with van der Waals surface area (Å²) in [5.74, 6) is -0.620. The second kappa shape index (κ2) is 3.04. The highest BCUT2D eigenvalue weighted by molar-refractivity contribution is 6.33. The lowest BCUT2D eigenvalue weighted by atomic mass is 9.98. The Bertz CT molecular complexity index is 276. The van der Waals surface area contributed by atoms with E-state index in [9.17, 15) is 13.2 Å². The zero-order valence-corrected chi connectivity index (χ0v) is 5.80. The fourth-order valence-corrected chi connectivity index (χ4v) is 0.598. The van der Waals surface area contributed by atoms with E-state index in [4.69, 9.17) is 7.85 Å². The van der Waals surface area contributed by atoms with Crippen molar-refractivity contribution in [3.05, 3.63) is 18.3 Å². The van der Waals surface area contributed by atoms with Crippen LogP contribution < -0.4 is 10.2 Å². The highest BCUT2D eigenvalue weighted by Crippen LogP contribution is 2.18. The first-order chi connectivity index (χ1) is 5.49. The van der Waals surface area contributed by atoms with Crippen LogP contribution in [0.4, 0.5) is 13.2 Å². The highest BCUT2D eigenvalue weighted by Gasteiger charge is 2.32. The maximum atomic E-state index is 11.6. The molecule has 0 aliphatic carbocycles. The molecule has 2 radical (unpaired) electrons. The van der Waals surface area contributed by atoms with Crippen molar-refractivity contribution in [1.29, 1.82) is 0 Å². The second-order valence-corrected chi connectivity index (χ2v) is 1.95. The molecule has 6 heteroatoms. The van der Waals surface area contributed by atoms with E-state index in [0.717, 1.165) is 6.20 Å². The van der Waals surface area contributed by atoms with Crippen LogP contribution >= 0.6 is 0 Å². The number of hydrogen-bond donors (Lipinski definition) is 0. The van der Waals surface area contributed by atoms with Crippen molar-refractivity contribution in [3.8, 4) is 5.88 Å². The van der Waals surface area contributed by atoms with Gasteiger partial charge in [-0.05, 0) is 11.5 Å². The van der Waals surface area contributed by atoms with Crippen molar-refractivity contribution in [1.82, 2.24) is 4.98 Å². The molecular formula is C6H3BF3NO. The van der Waals surface area contributed by atoms with E-state index in [2.05, 4.69) is 9.72 Å². The molecule has 0 aromatic carbocycles. The molecule has 0 saturated heterocycles. The largest absolute Gasteiger partial charge is 0.574 e. The first-order valence-corrected chi connectivity index (χ1v) is 2.95. The molecule has 0 aliphatic heterocycles. The molecule has 0 spiro atoms. The van der Waals surface area contributed by atoms with Gasteiger partial charge in [0.1, 0.15) is 7.85 Å². The number of nitrogens with zero attached hydrogens (tertiary/aromatic N) is 1. The van der Waals surface area contributed by atoms with Crippen LogP contribution in [-0.2, 0) is 0 Å². The predicted molar refractivity (Wildman–Crippen MR) is 36.3 cm³/mol. The number of pyridine rings is 1. The Balaban J connectivity index is 2.83. The molecule has 0 fully saturated rings. The average molecular weight is 173 g/mol. The summed E-state index contributed by atoms with van der Waals surface area (Å²) >= 11 is 0. The van der Waals surface area contributed by atoms with Crippen molar-refractivity contribution in [2.24, 2.45) is 0 Å². The Morgan fingerprint density at radius 2 is 2.08 bits per heavy atom. The zero-order chi connectivity index (χ0) is 9.19. The van der Waals surface area contributed by atoms with Gasteiger partial charge in [-0.15, -0.1) is 13.2 Å². The molecule has 0 N–H and O–H groups in total. The van der Waals surface area contributed by atoms with Gasteiger partial charge in [-0.2, -0.15) is 0 Å². The molecule has 1 aromatic heterocycles. The molecule has 1 heterocycles. The van der Waals surface area contributed by atoms with Crippen LogP contribution in [0, 0.1) is 0 Å². The first kappa shape index (κ1) is 8.90. The van der Waals surface area contributed by atoms with Gasteiger partial charge in [0.15, 0.2) is 0 Å². The standard InChI is InChI=1S/C6H3BF3NO/c7-4-2-1-3-11-5(4)12-6(8,9)10/h1-3H. The third-order valence-electron chi connectivity index (χ3n) is 1.01. The topological polar surface area (TPSA) is 22.1 Å². The normalized spacial score (nSPS) is 11.2. The van der Waals surface area contributed by atoms with Gasteiger partial charge in [-0.1, -0.05) is 6.07 Å². The molecule has 0 unspecified atom stereocenters. The number of hydrogen-bond acceptors (Lipinski definition) is 2. The quantitative estimate of drug-likeness (QED) is 0.585. The van der Waals surface area contributed by atoms with Gasteiger partial charge in [0.25, 0.3) is 0 Å². The molecule has 0 atom stereocenters. The maximum absolute atomic E-state index is 11.6. The molecule has 62 valence electrons. The van der Waals surface area contributed by atoms with Crippen LogP contribution in [0.3, 0.4) is 0 Å². The van der Waals surface area contributed by atoms with E-state index in [-0.39, 0.29) is 5.46 Å². The van der Waals surface area contributed by atoms with E-state index in [1.165, 1.54) is 12.1 Å². The zero-order valence-electron chi connectivity index (χ0n) is 5.80. The van der Waals surface area contributed by atoms with Gasteiger partial charge in [0, 0.05) is 6.20 Å². The van der Waals surface area contributed by atoms with Crippen LogP contribution in [-0.4, -0.2) is 19.2 Å². The lowest BCUT2D eigenvalue weighted by Gasteiger charge is -2.09. The summed E-state index contributed by atoms with van der Waals surface area (Å²) in [5, 5.41) is 0. The monoisotopic (exact) mass is 173 g/mol. The minimum absolute atomic E-state index is 0.144. The van der Waals surface area contributed by atoms with Gasteiger partial charge in [-0.25, -0.2) is 4.98 Å². The van der Waals surface area contributed by atoms with Gasteiger partial charge >= 0.3 is 6.36 Å². The molecule has 12 heavy (non-hydrogen) atoms. The fourth-order valence-electron chi connectivity index (χ4n) is 0.598. The van der Waals surface area contributed by atoms with Gasteiger partial charge in [0.05, 0.1) is 0 Å². The molecular weight excluding hydrogens is 170 g/mol. The summed E-state index contributed by atoms with van der Waals surface area (Å²) in [6.45, 7) is 0. The van der Waals surface area contributed by atoms with Crippen LogP contribution in [0.1, 0.15) is 0 Å². The lowest BCUT2D eigenvalue weighted by Crippen LogP contribution is -2.22. The summed E-state index contributed by atoms with van der Waals surface area (Å²) in [4.78, 5) is 3.30. The molecule has 0 bridgehead atoms. The van der Waals surface area contributed by atoms with E-state index in [1.54, 1.807) is 0 Å². The Morgan fingerprint density at radius 1 is 1.42 bits per heavy atom. The first-order valence-electron chi connectivity index (χ1n) is 2.95. The molecule has 0 aliphatic rings. The van der Waals surface area contributed by atoms with Crippen LogP contribution in [0.15, 0.2) is 18.3 Å². The summed E-state index contributed by atoms with van der Waals surface area (Å²) in [7, 11) is 5.14. The summed E-state index contributed by atoms with van der Waals surface area (Å²) < 4.78 is 38.3. The number of rotatable bonds is 1. The van der Waals surface area contributed by atoms with Crippen molar-refractivity contribution in [2.45, 2.75) is 6.36 Å². The Hall–Kier alpha value is -1.20. The number of ether oxygens (including phenoxy) is 1. The molecule has 2 nitrogen and oxygen atoms in total. The minimum atomic E-state index is -4.75. The summed E-state index contributed by atoms with van der Waals surface area (Å²) in [6, 6.07) is 2.69. The van der Waals surface area contributed by atoms with Crippen molar-refractivity contribution >= 4 is 13.3 Å². The number of alkyl halides is 3. The fraction of sp³-hybridized carbons (Fsp3) is 0.167. The highest BCUT2D eigenvalue weighted by atomic mass is 19.4. The van der Waals surface area contributed by atoms with Crippen molar-refractivity contribution < 1.29 is 17.9 Å². The van der Waals surface area contributed by atoms with Crippen LogP contribution in [0.25, 0.3) is 0 Å². The summed E-state index contributed by atoms with van der Waals surface area (Å²) in [5.41, 5.74) is -0.144.